The Labute approximate surface area is 87.2 Å². The van der Waals surface area contributed by atoms with Crippen LogP contribution < -0.4 is 4.74 Å². The molecule has 1 rings (SSSR count). The van der Waals surface area contributed by atoms with Crippen molar-refractivity contribution in [1.82, 2.24) is 4.98 Å². The van der Waals surface area contributed by atoms with Crippen LogP contribution in [0.5, 0.6) is 5.88 Å². The molecule has 14 heavy (non-hydrogen) atoms. The first-order valence-electron chi connectivity index (χ1n) is 3.58. The minimum absolute atomic E-state index is 0.108. The summed E-state index contributed by atoms with van der Waals surface area (Å²) < 4.78 is 29.8. The monoisotopic (exact) mass is 265 g/mol. The van der Waals surface area contributed by atoms with Gasteiger partial charge in [0.1, 0.15) is 5.69 Å². The van der Waals surface area contributed by atoms with Crippen molar-refractivity contribution >= 4 is 22.2 Å². The standard InChI is InChI=1S/C8H6BrF2NO2/c1-14-8-5(9)2-4(7(10)11)6(3-13)12-8/h2-3,7H,1H3. The quantitative estimate of drug-likeness (QED) is 0.789. The molecule has 0 bridgehead atoms. The highest BCUT2D eigenvalue weighted by molar-refractivity contribution is 9.10. The van der Waals surface area contributed by atoms with Crippen molar-refractivity contribution in [3.8, 4) is 5.88 Å². The van der Waals surface area contributed by atoms with Crippen molar-refractivity contribution < 1.29 is 18.3 Å². The summed E-state index contributed by atoms with van der Waals surface area (Å²) in [5.41, 5.74) is -0.715. The smallest absolute Gasteiger partial charge is 0.266 e. The fourth-order valence-electron chi connectivity index (χ4n) is 0.912. The Morgan fingerprint density at radius 2 is 2.29 bits per heavy atom. The molecular weight excluding hydrogens is 260 g/mol. The lowest BCUT2D eigenvalue weighted by atomic mass is 10.2. The Morgan fingerprint density at radius 1 is 1.64 bits per heavy atom. The summed E-state index contributed by atoms with van der Waals surface area (Å²) in [6.45, 7) is 0. The van der Waals surface area contributed by atoms with Gasteiger partial charge in [-0.05, 0) is 22.0 Å². The second-order valence-corrected chi connectivity index (χ2v) is 3.23. The molecule has 0 unspecified atom stereocenters. The number of pyridine rings is 1. The maximum atomic E-state index is 12.4. The molecular formula is C8H6BrF2NO2. The summed E-state index contributed by atoms with van der Waals surface area (Å²) in [6, 6.07) is 1.13. The van der Waals surface area contributed by atoms with E-state index in [1.165, 1.54) is 7.11 Å². The highest BCUT2D eigenvalue weighted by Crippen LogP contribution is 2.29. The topological polar surface area (TPSA) is 39.2 Å². The molecule has 0 aliphatic carbocycles. The van der Waals surface area contributed by atoms with Crippen LogP contribution in [0, 0.1) is 0 Å². The van der Waals surface area contributed by atoms with Crippen molar-refractivity contribution in [3.05, 3.63) is 21.8 Å². The van der Waals surface area contributed by atoms with Gasteiger partial charge in [-0.3, -0.25) is 4.79 Å². The zero-order valence-corrected chi connectivity index (χ0v) is 8.72. The zero-order chi connectivity index (χ0) is 10.7. The second-order valence-electron chi connectivity index (χ2n) is 2.37. The van der Waals surface area contributed by atoms with E-state index in [1.807, 2.05) is 0 Å². The van der Waals surface area contributed by atoms with E-state index < -0.39 is 12.0 Å². The molecule has 0 N–H and O–H groups in total. The van der Waals surface area contributed by atoms with Gasteiger partial charge in [-0.15, -0.1) is 0 Å². The van der Waals surface area contributed by atoms with E-state index in [4.69, 9.17) is 4.74 Å². The largest absolute Gasteiger partial charge is 0.480 e. The Kier molecular flexibility index (Phi) is 3.51. The minimum atomic E-state index is -2.73. The van der Waals surface area contributed by atoms with Gasteiger partial charge < -0.3 is 4.74 Å². The number of carbonyl (C=O) groups excluding carboxylic acids is 1. The van der Waals surface area contributed by atoms with Crippen LogP contribution in [0.25, 0.3) is 0 Å². The summed E-state index contributed by atoms with van der Waals surface area (Å²) in [5, 5.41) is 0. The number of carbonyl (C=O) groups is 1. The summed E-state index contributed by atoms with van der Waals surface area (Å²) >= 11 is 3.00. The second kappa shape index (κ2) is 4.45. The van der Waals surface area contributed by atoms with Gasteiger partial charge in [-0.1, -0.05) is 0 Å². The molecule has 0 atom stereocenters. The van der Waals surface area contributed by atoms with Crippen molar-refractivity contribution in [2.24, 2.45) is 0 Å². The SMILES string of the molecule is COc1nc(C=O)c(C(F)F)cc1Br. The highest BCUT2D eigenvalue weighted by Gasteiger charge is 2.17. The van der Waals surface area contributed by atoms with Gasteiger partial charge in [-0.2, -0.15) is 0 Å². The van der Waals surface area contributed by atoms with E-state index in [0.29, 0.717) is 4.47 Å². The van der Waals surface area contributed by atoms with Gasteiger partial charge in [0.15, 0.2) is 6.29 Å². The Hall–Kier alpha value is -1.04. The van der Waals surface area contributed by atoms with Crippen LogP contribution in [0.15, 0.2) is 10.5 Å². The van der Waals surface area contributed by atoms with Gasteiger partial charge in [0, 0.05) is 5.56 Å². The highest BCUT2D eigenvalue weighted by atomic mass is 79.9. The third-order valence-electron chi connectivity index (χ3n) is 1.54. The molecule has 0 saturated heterocycles. The Bertz CT molecular complexity index is 357. The van der Waals surface area contributed by atoms with Crippen molar-refractivity contribution in [2.75, 3.05) is 7.11 Å². The van der Waals surface area contributed by atoms with Gasteiger partial charge in [0.05, 0.1) is 11.6 Å². The summed E-state index contributed by atoms with van der Waals surface area (Å²) in [7, 11) is 1.34. The van der Waals surface area contributed by atoms with Crippen molar-refractivity contribution in [2.45, 2.75) is 6.43 Å². The molecule has 0 aliphatic heterocycles. The molecule has 0 amide bonds. The molecule has 1 aromatic rings. The maximum Gasteiger partial charge on any atom is 0.266 e. The predicted molar refractivity (Wildman–Crippen MR) is 48.8 cm³/mol. The van der Waals surface area contributed by atoms with Gasteiger partial charge >= 0.3 is 0 Å². The number of methoxy groups -OCH3 is 1. The molecule has 0 fully saturated rings. The van der Waals surface area contributed by atoms with Crippen LogP contribution in [0.4, 0.5) is 8.78 Å². The Morgan fingerprint density at radius 3 is 2.71 bits per heavy atom. The number of rotatable bonds is 3. The number of hydrogen-bond donors (Lipinski definition) is 0. The fourth-order valence-corrected chi connectivity index (χ4v) is 1.41. The number of aldehydes is 1. The van der Waals surface area contributed by atoms with Crippen molar-refractivity contribution in [3.63, 3.8) is 0 Å². The molecule has 0 spiro atoms. The molecule has 0 aromatic carbocycles. The lowest BCUT2D eigenvalue weighted by Gasteiger charge is -2.07. The van der Waals surface area contributed by atoms with Crippen LogP contribution in [0.1, 0.15) is 22.5 Å². The molecule has 0 saturated carbocycles. The van der Waals surface area contributed by atoms with Gasteiger partial charge in [-0.25, -0.2) is 13.8 Å². The first kappa shape index (κ1) is 11.0. The maximum absolute atomic E-state index is 12.4. The van der Waals surface area contributed by atoms with E-state index in [1.54, 1.807) is 0 Å². The van der Waals surface area contributed by atoms with E-state index in [2.05, 4.69) is 20.9 Å². The van der Waals surface area contributed by atoms with Crippen molar-refractivity contribution in [1.29, 1.82) is 0 Å². The predicted octanol–water partition coefficient (Wildman–Crippen LogP) is 2.60. The van der Waals surface area contributed by atoms with Crippen LogP contribution in [0.3, 0.4) is 0 Å². The van der Waals surface area contributed by atoms with E-state index in [0.717, 1.165) is 6.07 Å². The van der Waals surface area contributed by atoms with E-state index in [9.17, 15) is 13.6 Å². The Balaban J connectivity index is 3.31. The number of ether oxygens (including phenoxy) is 1. The van der Waals surface area contributed by atoms with Crippen LogP contribution in [-0.4, -0.2) is 18.4 Å². The number of aromatic nitrogens is 1. The van der Waals surface area contributed by atoms with Gasteiger partial charge in [0.25, 0.3) is 6.43 Å². The van der Waals surface area contributed by atoms with Gasteiger partial charge in [0.2, 0.25) is 5.88 Å². The molecule has 1 heterocycles. The van der Waals surface area contributed by atoms with Crippen LogP contribution in [-0.2, 0) is 0 Å². The molecule has 76 valence electrons. The van der Waals surface area contributed by atoms with Crippen LogP contribution in [0.2, 0.25) is 0 Å². The fraction of sp³-hybridized carbons (Fsp3) is 0.250. The average Bonchev–Trinajstić information content (AvgIpc) is 2.17. The zero-order valence-electron chi connectivity index (χ0n) is 7.13. The third-order valence-corrected chi connectivity index (χ3v) is 2.11. The lowest BCUT2D eigenvalue weighted by molar-refractivity contribution is 0.110. The molecule has 6 heteroatoms. The molecule has 1 aromatic heterocycles. The average molecular weight is 266 g/mol. The third kappa shape index (κ3) is 2.06. The first-order chi connectivity index (χ1) is 6.60. The van der Waals surface area contributed by atoms with E-state index in [-0.39, 0.29) is 17.9 Å². The molecule has 0 radical (unpaired) electrons. The summed E-state index contributed by atoms with van der Waals surface area (Å²) in [4.78, 5) is 14.1. The number of alkyl halides is 2. The first-order valence-corrected chi connectivity index (χ1v) is 4.37. The molecule has 0 aliphatic rings. The van der Waals surface area contributed by atoms with Crippen LogP contribution >= 0.6 is 15.9 Å². The number of nitrogens with zero attached hydrogens (tertiary/aromatic N) is 1. The van der Waals surface area contributed by atoms with E-state index >= 15 is 0 Å². The summed E-state index contributed by atoms with van der Waals surface area (Å²) in [6.07, 6.45) is -2.46. The lowest BCUT2D eigenvalue weighted by Crippen LogP contribution is -2.00. The number of halogens is 3. The molecule has 3 nitrogen and oxygen atoms in total. The summed E-state index contributed by atoms with van der Waals surface area (Å²) in [5.74, 6) is 0.108. The minimum Gasteiger partial charge on any atom is -0.480 e. The number of hydrogen-bond acceptors (Lipinski definition) is 3. The normalized spacial score (nSPS) is 10.4.